The first kappa shape index (κ1) is 40.9. The van der Waals surface area contributed by atoms with Crippen LogP contribution < -0.4 is 26.0 Å². The van der Waals surface area contributed by atoms with E-state index in [0.29, 0.717) is 17.7 Å². The highest BCUT2D eigenvalue weighted by Crippen LogP contribution is 2.21. The first-order chi connectivity index (χ1) is 29.2. The number of hydrogen-bond donors (Lipinski definition) is 5. The SMILES string of the molecule is O=C1COc2ccc(cc2)C[C@@H](C(=O)O)NC(=O)[C@H](CCc2ccccc2)NC(=O)[C@@H](Cc2ccc(-c3ccccc3)cc2)NC(=O)[C@H](Cc2ccc3ccccc3c2)N1. The van der Waals surface area contributed by atoms with E-state index in [4.69, 9.17) is 4.74 Å². The predicted molar refractivity (Wildman–Crippen MR) is 229 cm³/mol. The van der Waals surface area contributed by atoms with Crippen LogP contribution in [0.25, 0.3) is 21.9 Å². The summed E-state index contributed by atoms with van der Waals surface area (Å²) >= 11 is 0. The summed E-state index contributed by atoms with van der Waals surface area (Å²) in [6.07, 6.45) is 0.652. The van der Waals surface area contributed by atoms with Gasteiger partial charge in [0.1, 0.15) is 29.9 Å². The van der Waals surface area contributed by atoms with E-state index >= 15 is 0 Å². The van der Waals surface area contributed by atoms with Gasteiger partial charge in [-0.1, -0.05) is 140 Å². The number of amides is 4. The van der Waals surface area contributed by atoms with Gasteiger partial charge >= 0.3 is 5.97 Å². The Morgan fingerprint density at radius 2 is 1.12 bits per heavy atom. The van der Waals surface area contributed by atoms with Gasteiger partial charge in [0.2, 0.25) is 17.7 Å². The number of carbonyl (C=O) groups is 5. The fraction of sp³-hybridized carbons (Fsp3) is 0.204. The number of carboxylic acid groups (broad SMARTS) is 1. The van der Waals surface area contributed by atoms with Gasteiger partial charge in [-0.15, -0.1) is 0 Å². The molecular formula is C49H46N4O7. The highest BCUT2D eigenvalue weighted by molar-refractivity contribution is 5.95. The number of benzene rings is 6. The summed E-state index contributed by atoms with van der Waals surface area (Å²) in [4.78, 5) is 68.9. The third-order valence-corrected chi connectivity index (χ3v) is 10.6. The smallest absolute Gasteiger partial charge is 0.326 e. The van der Waals surface area contributed by atoms with E-state index in [2.05, 4.69) is 21.3 Å². The van der Waals surface area contributed by atoms with Gasteiger partial charge < -0.3 is 31.1 Å². The van der Waals surface area contributed by atoms with Crippen LogP contribution in [-0.2, 0) is 49.7 Å². The van der Waals surface area contributed by atoms with E-state index in [-0.39, 0.29) is 25.7 Å². The number of rotatable bonds is 9. The van der Waals surface area contributed by atoms with Crippen LogP contribution in [0, 0.1) is 0 Å². The highest BCUT2D eigenvalue weighted by Gasteiger charge is 2.32. The Labute approximate surface area is 348 Å². The minimum Gasteiger partial charge on any atom is -0.484 e. The molecule has 2 aliphatic heterocycles. The molecule has 0 aliphatic carbocycles. The predicted octanol–water partition coefficient (Wildman–Crippen LogP) is 5.58. The van der Waals surface area contributed by atoms with Crippen LogP contribution in [0.1, 0.15) is 28.7 Å². The molecule has 60 heavy (non-hydrogen) atoms. The number of aliphatic carboxylic acids is 1. The number of aryl methyl sites for hydroxylation is 1. The summed E-state index contributed by atoms with van der Waals surface area (Å²) < 4.78 is 5.76. The number of fused-ring (bicyclic) bond motifs is 17. The monoisotopic (exact) mass is 802 g/mol. The molecule has 0 saturated heterocycles. The van der Waals surface area contributed by atoms with Crippen LogP contribution in [-0.4, -0.2) is 65.5 Å². The third kappa shape index (κ3) is 11.0. The molecule has 304 valence electrons. The van der Waals surface area contributed by atoms with Gasteiger partial charge in [0.05, 0.1) is 0 Å². The molecule has 0 saturated carbocycles. The van der Waals surface area contributed by atoms with Crippen molar-refractivity contribution in [2.24, 2.45) is 0 Å². The highest BCUT2D eigenvalue weighted by atomic mass is 16.5. The van der Waals surface area contributed by atoms with E-state index in [1.807, 2.05) is 127 Å². The molecule has 11 nitrogen and oxygen atoms in total. The van der Waals surface area contributed by atoms with Gasteiger partial charge in [-0.2, -0.15) is 0 Å². The summed E-state index contributed by atoms with van der Waals surface area (Å²) in [5, 5.41) is 23.4. The van der Waals surface area contributed by atoms with Crippen molar-refractivity contribution in [3.63, 3.8) is 0 Å². The zero-order valence-electron chi connectivity index (χ0n) is 32.9. The quantitative estimate of drug-likeness (QED) is 0.119. The van der Waals surface area contributed by atoms with Gasteiger partial charge in [-0.3, -0.25) is 19.2 Å². The van der Waals surface area contributed by atoms with Gasteiger partial charge in [0, 0.05) is 19.3 Å². The molecule has 2 heterocycles. The summed E-state index contributed by atoms with van der Waals surface area (Å²) in [6, 6.07) is 42.3. The van der Waals surface area contributed by atoms with Crippen molar-refractivity contribution in [1.29, 1.82) is 0 Å². The van der Waals surface area contributed by atoms with Crippen molar-refractivity contribution < 1.29 is 33.8 Å². The standard InChI is InChI=1S/C49H46N4O7/c54-45-31-60-40-24-18-34(19-25-40)29-44(49(58)59)53-46(55)41(26-20-32-9-3-1-4-10-32)51-48(57)43(28-33-15-21-38(22-16-33)36-11-5-2-6-12-36)52-47(56)42(50-45)30-35-17-23-37-13-7-8-14-39(37)27-35/h1-19,21-25,27,41-44H,20,26,28-31H2,(H,50,54)(H,51,57)(H,52,56)(H,53,55)(H,58,59)/t41-,42-,43+,44-/m0/s1. The minimum absolute atomic E-state index is 0.0463. The van der Waals surface area contributed by atoms with Crippen LogP contribution in [0.4, 0.5) is 0 Å². The molecule has 0 fully saturated rings. The summed E-state index contributed by atoms with van der Waals surface area (Å²) in [7, 11) is 0. The number of hydrogen-bond acceptors (Lipinski definition) is 6. The molecule has 0 unspecified atom stereocenters. The number of nitrogens with one attached hydrogen (secondary N) is 4. The normalized spacial score (nSPS) is 19.1. The summed E-state index contributed by atoms with van der Waals surface area (Å²) in [5.41, 5.74) is 5.02. The Kier molecular flexibility index (Phi) is 13.3. The Morgan fingerprint density at radius 3 is 1.82 bits per heavy atom. The van der Waals surface area contributed by atoms with Crippen LogP contribution in [0.3, 0.4) is 0 Å². The van der Waals surface area contributed by atoms with E-state index in [1.165, 1.54) is 0 Å². The molecule has 6 aromatic rings. The fourth-order valence-electron chi connectivity index (χ4n) is 7.30. The maximum absolute atomic E-state index is 14.5. The lowest BCUT2D eigenvalue weighted by atomic mass is 9.98. The molecule has 8 rings (SSSR count). The van der Waals surface area contributed by atoms with E-state index in [9.17, 15) is 29.1 Å². The lowest BCUT2D eigenvalue weighted by molar-refractivity contribution is -0.142. The largest absolute Gasteiger partial charge is 0.484 e. The first-order valence-corrected chi connectivity index (χ1v) is 20.0. The lowest BCUT2D eigenvalue weighted by Gasteiger charge is -2.26. The Morgan fingerprint density at radius 1 is 0.550 bits per heavy atom. The maximum Gasteiger partial charge on any atom is 0.326 e. The molecule has 0 aromatic heterocycles. The molecule has 5 N–H and O–H groups in total. The Bertz CT molecular complexity index is 2440. The molecule has 6 aromatic carbocycles. The van der Waals surface area contributed by atoms with E-state index in [0.717, 1.165) is 38.6 Å². The Balaban J connectivity index is 1.22. The lowest BCUT2D eigenvalue weighted by Crippen LogP contribution is -2.59. The molecule has 0 radical (unpaired) electrons. The first-order valence-electron chi connectivity index (χ1n) is 20.0. The van der Waals surface area contributed by atoms with Crippen LogP contribution in [0.5, 0.6) is 5.75 Å². The molecule has 2 bridgehead atoms. The van der Waals surface area contributed by atoms with Crippen molar-refractivity contribution >= 4 is 40.4 Å². The topological polar surface area (TPSA) is 163 Å². The van der Waals surface area contributed by atoms with Gasteiger partial charge in [-0.25, -0.2) is 4.79 Å². The van der Waals surface area contributed by atoms with Crippen molar-refractivity contribution in [3.05, 3.63) is 174 Å². The zero-order valence-corrected chi connectivity index (χ0v) is 32.9. The van der Waals surface area contributed by atoms with E-state index in [1.54, 1.807) is 24.3 Å². The third-order valence-electron chi connectivity index (χ3n) is 10.6. The second-order valence-electron chi connectivity index (χ2n) is 15.0. The molecular weight excluding hydrogens is 757 g/mol. The summed E-state index contributed by atoms with van der Waals surface area (Å²) in [5.74, 6) is -3.40. The second kappa shape index (κ2) is 19.5. The van der Waals surface area contributed by atoms with Gasteiger partial charge in [0.15, 0.2) is 6.61 Å². The number of carboxylic acids is 1. The fourth-order valence-corrected chi connectivity index (χ4v) is 7.30. The second-order valence-corrected chi connectivity index (χ2v) is 15.0. The van der Waals surface area contributed by atoms with Crippen LogP contribution in [0.2, 0.25) is 0 Å². The maximum atomic E-state index is 14.5. The molecule has 11 heteroatoms. The molecule has 0 spiro atoms. The zero-order chi connectivity index (χ0) is 41.8. The molecule has 2 aliphatic rings. The van der Waals surface area contributed by atoms with Crippen LogP contribution in [0.15, 0.2) is 152 Å². The van der Waals surface area contributed by atoms with Crippen molar-refractivity contribution in [3.8, 4) is 16.9 Å². The van der Waals surface area contributed by atoms with E-state index < -0.39 is 60.4 Å². The molecule has 4 amide bonds. The number of carbonyl (C=O) groups excluding carboxylic acids is 4. The summed E-state index contributed by atoms with van der Waals surface area (Å²) in [6.45, 7) is -0.407. The average molecular weight is 803 g/mol. The molecule has 4 atom stereocenters. The van der Waals surface area contributed by atoms with Crippen LogP contribution >= 0.6 is 0 Å². The van der Waals surface area contributed by atoms with Gasteiger partial charge in [0.25, 0.3) is 5.91 Å². The van der Waals surface area contributed by atoms with Crippen molar-refractivity contribution in [2.45, 2.75) is 56.3 Å². The minimum atomic E-state index is -1.32. The van der Waals surface area contributed by atoms with Gasteiger partial charge in [-0.05, 0) is 69.1 Å². The Hall–Kier alpha value is -7.27. The van der Waals surface area contributed by atoms with Crippen molar-refractivity contribution in [1.82, 2.24) is 21.3 Å². The van der Waals surface area contributed by atoms with Crippen molar-refractivity contribution in [2.75, 3.05) is 6.61 Å². The number of ether oxygens (including phenoxy) is 1. The average Bonchev–Trinajstić information content (AvgIpc) is 3.27.